The zero-order valence-corrected chi connectivity index (χ0v) is 14.0. The summed E-state index contributed by atoms with van der Waals surface area (Å²) in [5, 5.41) is 3.28. The lowest BCUT2D eigenvalue weighted by atomic mass is 10.1. The van der Waals surface area contributed by atoms with Gasteiger partial charge in [0.2, 0.25) is 5.88 Å². The van der Waals surface area contributed by atoms with Gasteiger partial charge in [-0.05, 0) is 43.5 Å². The SMILES string of the molecule is CCCOc1ncnc(Nc2c(C)cc(Br)cc2C)c1N. The molecule has 2 aromatic rings. The van der Waals surface area contributed by atoms with Gasteiger partial charge in [0.25, 0.3) is 0 Å². The summed E-state index contributed by atoms with van der Waals surface area (Å²) in [6.07, 6.45) is 2.35. The number of aryl methyl sites for hydroxylation is 2. The van der Waals surface area contributed by atoms with Crippen molar-refractivity contribution in [3.63, 3.8) is 0 Å². The number of nitrogens with two attached hydrogens (primary N) is 1. The Kier molecular flexibility index (Phi) is 5.01. The Morgan fingerprint density at radius 3 is 2.52 bits per heavy atom. The fraction of sp³-hybridized carbons (Fsp3) is 0.333. The highest BCUT2D eigenvalue weighted by Gasteiger charge is 2.12. The molecule has 6 heteroatoms. The monoisotopic (exact) mass is 350 g/mol. The quantitative estimate of drug-likeness (QED) is 0.853. The first-order valence-electron chi connectivity index (χ1n) is 6.80. The summed E-state index contributed by atoms with van der Waals surface area (Å²) >= 11 is 3.49. The molecule has 0 saturated carbocycles. The predicted octanol–water partition coefficient (Wildman–Crippen LogP) is 3.97. The third-order valence-corrected chi connectivity index (χ3v) is 3.49. The molecule has 0 unspecified atom stereocenters. The molecule has 0 aliphatic rings. The molecule has 0 saturated heterocycles. The van der Waals surface area contributed by atoms with Crippen LogP contribution in [0, 0.1) is 13.8 Å². The second kappa shape index (κ2) is 6.76. The molecule has 21 heavy (non-hydrogen) atoms. The van der Waals surface area contributed by atoms with Crippen LogP contribution in [0.5, 0.6) is 5.88 Å². The molecule has 5 nitrogen and oxygen atoms in total. The molecular weight excluding hydrogens is 332 g/mol. The number of rotatable bonds is 5. The summed E-state index contributed by atoms with van der Waals surface area (Å²) < 4.78 is 6.57. The number of benzene rings is 1. The molecule has 0 amide bonds. The van der Waals surface area contributed by atoms with Crippen LogP contribution in [0.2, 0.25) is 0 Å². The van der Waals surface area contributed by atoms with Crippen LogP contribution in [0.3, 0.4) is 0 Å². The van der Waals surface area contributed by atoms with E-state index in [4.69, 9.17) is 10.5 Å². The smallest absolute Gasteiger partial charge is 0.242 e. The molecule has 0 fully saturated rings. The number of halogens is 1. The first-order chi connectivity index (χ1) is 10.0. The van der Waals surface area contributed by atoms with Gasteiger partial charge < -0.3 is 15.8 Å². The van der Waals surface area contributed by atoms with Crippen LogP contribution in [0.15, 0.2) is 22.9 Å². The highest BCUT2D eigenvalue weighted by molar-refractivity contribution is 9.10. The van der Waals surface area contributed by atoms with Crippen molar-refractivity contribution < 1.29 is 4.74 Å². The number of ether oxygens (including phenoxy) is 1. The van der Waals surface area contributed by atoms with E-state index >= 15 is 0 Å². The van der Waals surface area contributed by atoms with E-state index in [1.165, 1.54) is 6.33 Å². The average molecular weight is 351 g/mol. The first kappa shape index (κ1) is 15.6. The molecule has 0 aliphatic heterocycles. The zero-order chi connectivity index (χ0) is 15.4. The van der Waals surface area contributed by atoms with Gasteiger partial charge in [-0.2, -0.15) is 4.98 Å². The summed E-state index contributed by atoms with van der Waals surface area (Å²) in [5.74, 6) is 0.978. The third kappa shape index (κ3) is 3.64. The highest BCUT2D eigenvalue weighted by atomic mass is 79.9. The molecule has 1 aromatic heterocycles. The van der Waals surface area contributed by atoms with Crippen molar-refractivity contribution in [2.75, 3.05) is 17.7 Å². The van der Waals surface area contributed by atoms with Crippen LogP contribution in [-0.4, -0.2) is 16.6 Å². The molecule has 1 aromatic carbocycles. The Balaban J connectivity index is 2.32. The van der Waals surface area contributed by atoms with Crippen molar-refractivity contribution in [1.29, 1.82) is 0 Å². The molecule has 0 spiro atoms. The lowest BCUT2D eigenvalue weighted by molar-refractivity contribution is 0.307. The maximum Gasteiger partial charge on any atom is 0.242 e. The summed E-state index contributed by atoms with van der Waals surface area (Å²) in [7, 11) is 0. The van der Waals surface area contributed by atoms with E-state index in [1.54, 1.807) is 0 Å². The second-order valence-corrected chi connectivity index (χ2v) is 5.74. The summed E-state index contributed by atoms with van der Waals surface area (Å²) in [6.45, 7) is 6.68. The number of nitrogens with zero attached hydrogens (tertiary/aromatic N) is 2. The summed E-state index contributed by atoms with van der Waals surface area (Å²) in [5.41, 5.74) is 9.71. The zero-order valence-electron chi connectivity index (χ0n) is 12.4. The van der Waals surface area contributed by atoms with Crippen molar-refractivity contribution in [2.45, 2.75) is 27.2 Å². The molecule has 2 rings (SSSR count). The normalized spacial score (nSPS) is 10.5. The average Bonchev–Trinajstić information content (AvgIpc) is 2.43. The second-order valence-electron chi connectivity index (χ2n) is 4.83. The Labute approximate surface area is 133 Å². The van der Waals surface area contributed by atoms with Gasteiger partial charge in [0, 0.05) is 10.2 Å². The minimum atomic E-state index is 0.418. The van der Waals surface area contributed by atoms with Crippen molar-refractivity contribution in [2.24, 2.45) is 0 Å². The lowest BCUT2D eigenvalue weighted by Gasteiger charge is -2.15. The van der Waals surface area contributed by atoms with Crippen molar-refractivity contribution in [1.82, 2.24) is 9.97 Å². The maximum atomic E-state index is 6.08. The number of nitrogens with one attached hydrogen (secondary N) is 1. The standard InChI is InChI=1S/C15H19BrN4O/c1-4-5-21-15-12(17)14(18-8-19-15)20-13-9(2)6-11(16)7-10(13)3/h6-8H,4-5,17H2,1-3H3,(H,18,19,20). The Hall–Kier alpha value is -1.82. The van der Waals surface area contributed by atoms with Crippen LogP contribution in [0.1, 0.15) is 24.5 Å². The number of nitrogen functional groups attached to an aromatic ring is 1. The summed E-state index contributed by atoms with van der Waals surface area (Å²) in [6, 6.07) is 4.09. The fourth-order valence-electron chi connectivity index (χ4n) is 2.02. The van der Waals surface area contributed by atoms with Gasteiger partial charge in [0.1, 0.15) is 12.0 Å². The van der Waals surface area contributed by atoms with Crippen LogP contribution in [-0.2, 0) is 0 Å². The van der Waals surface area contributed by atoms with Crippen LogP contribution >= 0.6 is 15.9 Å². The van der Waals surface area contributed by atoms with E-state index in [-0.39, 0.29) is 0 Å². The van der Waals surface area contributed by atoms with Gasteiger partial charge in [0.15, 0.2) is 5.82 Å². The van der Waals surface area contributed by atoms with E-state index in [2.05, 4.69) is 31.2 Å². The Morgan fingerprint density at radius 1 is 1.24 bits per heavy atom. The molecule has 0 aliphatic carbocycles. The number of aromatic nitrogens is 2. The topological polar surface area (TPSA) is 73.1 Å². The van der Waals surface area contributed by atoms with Gasteiger partial charge in [-0.3, -0.25) is 0 Å². The van der Waals surface area contributed by atoms with Gasteiger partial charge in [-0.1, -0.05) is 22.9 Å². The molecule has 0 atom stereocenters. The van der Waals surface area contributed by atoms with Gasteiger partial charge in [-0.25, -0.2) is 4.98 Å². The molecule has 112 valence electrons. The van der Waals surface area contributed by atoms with Crippen molar-refractivity contribution in [3.05, 3.63) is 34.1 Å². The highest BCUT2D eigenvalue weighted by Crippen LogP contribution is 2.31. The predicted molar refractivity (Wildman–Crippen MR) is 89.1 cm³/mol. The Morgan fingerprint density at radius 2 is 1.90 bits per heavy atom. The minimum Gasteiger partial charge on any atom is -0.476 e. The Bertz CT molecular complexity index is 623. The molecule has 0 radical (unpaired) electrons. The van der Waals surface area contributed by atoms with E-state index in [0.717, 1.165) is 27.7 Å². The first-order valence-corrected chi connectivity index (χ1v) is 7.59. The van der Waals surface area contributed by atoms with E-state index in [1.807, 2.05) is 32.9 Å². The van der Waals surface area contributed by atoms with Crippen LogP contribution in [0.25, 0.3) is 0 Å². The number of anilines is 3. The van der Waals surface area contributed by atoms with Gasteiger partial charge >= 0.3 is 0 Å². The third-order valence-electron chi connectivity index (χ3n) is 3.03. The van der Waals surface area contributed by atoms with Crippen LogP contribution in [0.4, 0.5) is 17.2 Å². The van der Waals surface area contributed by atoms with E-state index in [0.29, 0.717) is 24.0 Å². The van der Waals surface area contributed by atoms with Crippen molar-refractivity contribution >= 4 is 33.1 Å². The minimum absolute atomic E-state index is 0.418. The number of hydrogen-bond acceptors (Lipinski definition) is 5. The fourth-order valence-corrected chi connectivity index (χ4v) is 2.71. The molecule has 1 heterocycles. The van der Waals surface area contributed by atoms with Gasteiger partial charge in [0.05, 0.1) is 6.61 Å². The van der Waals surface area contributed by atoms with E-state index in [9.17, 15) is 0 Å². The summed E-state index contributed by atoms with van der Waals surface area (Å²) in [4.78, 5) is 8.28. The molecule has 0 bridgehead atoms. The number of hydrogen-bond donors (Lipinski definition) is 2. The van der Waals surface area contributed by atoms with Crippen LogP contribution < -0.4 is 15.8 Å². The van der Waals surface area contributed by atoms with Gasteiger partial charge in [-0.15, -0.1) is 0 Å². The maximum absolute atomic E-state index is 6.08. The molecular formula is C15H19BrN4O. The van der Waals surface area contributed by atoms with E-state index < -0.39 is 0 Å². The molecule has 3 N–H and O–H groups in total. The van der Waals surface area contributed by atoms with Crippen molar-refractivity contribution in [3.8, 4) is 5.88 Å². The largest absolute Gasteiger partial charge is 0.476 e. The lowest BCUT2D eigenvalue weighted by Crippen LogP contribution is -2.07.